The summed E-state index contributed by atoms with van der Waals surface area (Å²) in [5, 5.41) is 7.32. The van der Waals surface area contributed by atoms with Crippen molar-refractivity contribution in [2.45, 2.75) is 0 Å². The summed E-state index contributed by atoms with van der Waals surface area (Å²) in [7, 11) is 0. The third-order valence-corrected chi connectivity index (χ3v) is 10.3. The molecule has 54 heavy (non-hydrogen) atoms. The van der Waals surface area contributed by atoms with Crippen molar-refractivity contribution in [2.24, 2.45) is 0 Å². The van der Waals surface area contributed by atoms with Crippen molar-refractivity contribution < 1.29 is 0 Å². The van der Waals surface area contributed by atoms with Crippen LogP contribution >= 0.6 is 0 Å². The molecule has 10 rings (SSSR count). The summed E-state index contributed by atoms with van der Waals surface area (Å²) >= 11 is 0. The first-order chi connectivity index (χ1) is 26.7. The lowest BCUT2D eigenvalue weighted by atomic mass is 9.90. The van der Waals surface area contributed by atoms with Crippen molar-refractivity contribution in [1.29, 1.82) is 0 Å². The zero-order valence-corrected chi connectivity index (χ0v) is 29.4. The topological polar surface area (TPSA) is 38.7 Å². The van der Waals surface area contributed by atoms with Crippen LogP contribution in [-0.4, -0.2) is 15.0 Å². The van der Waals surface area contributed by atoms with Gasteiger partial charge in [0.05, 0.1) is 0 Å². The Morgan fingerprint density at radius 1 is 0.222 bits per heavy atom. The summed E-state index contributed by atoms with van der Waals surface area (Å²) in [6, 6.07) is 70.6. The van der Waals surface area contributed by atoms with E-state index in [1.165, 1.54) is 43.6 Å². The molecule has 0 amide bonds. The van der Waals surface area contributed by atoms with E-state index in [1.807, 2.05) is 12.1 Å². The second-order valence-corrected chi connectivity index (χ2v) is 13.6. The molecule has 0 radical (unpaired) electrons. The lowest BCUT2D eigenvalue weighted by molar-refractivity contribution is 1.07. The fraction of sp³-hybridized carbons (Fsp3) is 0. The molecule has 1 aromatic heterocycles. The molecule has 0 saturated carbocycles. The van der Waals surface area contributed by atoms with Crippen molar-refractivity contribution in [3.8, 4) is 67.5 Å². The third kappa shape index (κ3) is 5.78. The Hall–Kier alpha value is -7.23. The van der Waals surface area contributed by atoms with Crippen LogP contribution in [0.2, 0.25) is 0 Å². The van der Waals surface area contributed by atoms with Gasteiger partial charge in [-0.15, -0.1) is 0 Å². The number of hydrogen-bond acceptors (Lipinski definition) is 3. The largest absolute Gasteiger partial charge is 0.208 e. The summed E-state index contributed by atoms with van der Waals surface area (Å²) in [6.45, 7) is 0. The van der Waals surface area contributed by atoms with Crippen molar-refractivity contribution in [3.05, 3.63) is 200 Å². The second kappa shape index (κ2) is 13.4. The zero-order chi connectivity index (χ0) is 35.8. The average Bonchev–Trinajstić information content (AvgIpc) is 3.26. The lowest BCUT2D eigenvalue weighted by Gasteiger charge is -2.14. The van der Waals surface area contributed by atoms with Crippen molar-refractivity contribution in [3.63, 3.8) is 0 Å². The molecule has 0 aliphatic rings. The van der Waals surface area contributed by atoms with Crippen LogP contribution in [0.25, 0.3) is 99.9 Å². The highest BCUT2D eigenvalue weighted by Crippen LogP contribution is 2.39. The van der Waals surface area contributed by atoms with E-state index >= 15 is 0 Å². The van der Waals surface area contributed by atoms with Gasteiger partial charge in [-0.2, -0.15) is 0 Å². The molecule has 1 heterocycles. The molecule has 252 valence electrons. The Balaban J connectivity index is 1.11. The minimum Gasteiger partial charge on any atom is -0.208 e. The maximum atomic E-state index is 5.14. The van der Waals surface area contributed by atoms with Gasteiger partial charge in [0, 0.05) is 16.7 Å². The molecule has 9 aromatic carbocycles. The van der Waals surface area contributed by atoms with E-state index in [0.29, 0.717) is 17.5 Å². The zero-order valence-electron chi connectivity index (χ0n) is 29.4. The van der Waals surface area contributed by atoms with E-state index in [0.717, 1.165) is 38.8 Å². The van der Waals surface area contributed by atoms with Crippen molar-refractivity contribution >= 4 is 32.3 Å². The summed E-state index contributed by atoms with van der Waals surface area (Å²) < 4.78 is 0. The number of benzene rings is 9. The molecule has 0 unspecified atom stereocenters. The Morgan fingerprint density at radius 2 is 0.685 bits per heavy atom. The number of rotatable bonds is 6. The van der Waals surface area contributed by atoms with Crippen molar-refractivity contribution in [1.82, 2.24) is 15.0 Å². The maximum Gasteiger partial charge on any atom is 0.164 e. The fourth-order valence-electron chi connectivity index (χ4n) is 7.61. The molecule has 0 atom stereocenters. The van der Waals surface area contributed by atoms with Gasteiger partial charge in [0.15, 0.2) is 17.5 Å². The standard InChI is InChI=1S/C51H33N3/c1-3-13-34(14-4-1)36-25-27-37(28-26-36)49-52-50(41-20-11-18-38(31-41)35-15-5-2-6-16-35)54-51(53-49)42-29-30-44-39(32-42)19-12-24-46(44)48-33-40-17-7-8-21-43(40)45-22-9-10-23-47(45)48/h1-33H. The van der Waals surface area contributed by atoms with Gasteiger partial charge in [-0.3, -0.25) is 0 Å². The average molecular weight is 688 g/mol. The second-order valence-electron chi connectivity index (χ2n) is 13.6. The normalized spacial score (nSPS) is 11.3. The van der Waals surface area contributed by atoms with E-state index in [9.17, 15) is 0 Å². The van der Waals surface area contributed by atoms with Gasteiger partial charge >= 0.3 is 0 Å². The number of aromatic nitrogens is 3. The van der Waals surface area contributed by atoms with Crippen LogP contribution in [0.4, 0.5) is 0 Å². The lowest BCUT2D eigenvalue weighted by Crippen LogP contribution is -2.00. The van der Waals surface area contributed by atoms with E-state index < -0.39 is 0 Å². The van der Waals surface area contributed by atoms with Gasteiger partial charge in [-0.1, -0.05) is 182 Å². The summed E-state index contributed by atoms with van der Waals surface area (Å²) in [4.78, 5) is 15.3. The molecule has 0 N–H and O–H groups in total. The van der Waals surface area contributed by atoms with Crippen LogP contribution in [0, 0.1) is 0 Å². The maximum absolute atomic E-state index is 5.14. The van der Waals surface area contributed by atoms with E-state index in [-0.39, 0.29) is 0 Å². The predicted molar refractivity (Wildman–Crippen MR) is 225 cm³/mol. The number of fused-ring (bicyclic) bond motifs is 4. The fourth-order valence-corrected chi connectivity index (χ4v) is 7.61. The highest BCUT2D eigenvalue weighted by Gasteiger charge is 2.16. The van der Waals surface area contributed by atoms with Crippen LogP contribution < -0.4 is 0 Å². The third-order valence-electron chi connectivity index (χ3n) is 10.3. The quantitative estimate of drug-likeness (QED) is 0.163. The first kappa shape index (κ1) is 31.5. The molecule has 0 fully saturated rings. The van der Waals surface area contributed by atoms with Crippen LogP contribution in [0.1, 0.15) is 0 Å². The highest BCUT2D eigenvalue weighted by atomic mass is 15.0. The molecule has 3 heteroatoms. The number of hydrogen-bond donors (Lipinski definition) is 0. The molecular formula is C51H33N3. The Kier molecular flexibility index (Phi) is 7.81. The molecule has 10 aromatic rings. The molecule has 0 spiro atoms. The molecule has 0 aliphatic carbocycles. The Bertz CT molecular complexity index is 2970. The van der Waals surface area contributed by atoms with Gasteiger partial charge in [0.2, 0.25) is 0 Å². The SMILES string of the molecule is c1ccc(-c2ccc(-c3nc(-c4cccc(-c5ccccc5)c4)nc(-c4ccc5c(-c6cc7ccccc7c7ccccc67)cccc5c4)n3)cc2)cc1. The van der Waals surface area contributed by atoms with Crippen LogP contribution in [0.3, 0.4) is 0 Å². The first-order valence-electron chi connectivity index (χ1n) is 18.3. The summed E-state index contributed by atoms with van der Waals surface area (Å²) in [5.41, 5.74) is 9.82. The first-order valence-corrected chi connectivity index (χ1v) is 18.3. The highest BCUT2D eigenvalue weighted by molar-refractivity contribution is 6.16. The molecule has 0 aliphatic heterocycles. The molecule has 3 nitrogen and oxygen atoms in total. The minimum absolute atomic E-state index is 0.635. The Labute approximate surface area is 313 Å². The molecule has 0 saturated heterocycles. The van der Waals surface area contributed by atoms with E-state index in [4.69, 9.17) is 15.0 Å². The minimum atomic E-state index is 0.635. The van der Waals surface area contributed by atoms with Crippen LogP contribution in [0.15, 0.2) is 200 Å². The molecular weight excluding hydrogens is 655 g/mol. The van der Waals surface area contributed by atoms with Crippen LogP contribution in [-0.2, 0) is 0 Å². The van der Waals surface area contributed by atoms with E-state index in [1.54, 1.807) is 0 Å². The Morgan fingerprint density at radius 3 is 1.43 bits per heavy atom. The van der Waals surface area contributed by atoms with E-state index in [2.05, 4.69) is 188 Å². The van der Waals surface area contributed by atoms with Gasteiger partial charge in [0.25, 0.3) is 0 Å². The number of nitrogens with zero attached hydrogens (tertiary/aromatic N) is 3. The summed E-state index contributed by atoms with van der Waals surface area (Å²) in [6.07, 6.45) is 0. The predicted octanol–water partition coefficient (Wildman–Crippen LogP) is 13.3. The smallest absolute Gasteiger partial charge is 0.164 e. The van der Waals surface area contributed by atoms with Gasteiger partial charge in [-0.05, 0) is 83.9 Å². The molecule has 0 bridgehead atoms. The van der Waals surface area contributed by atoms with Crippen LogP contribution in [0.5, 0.6) is 0 Å². The summed E-state index contributed by atoms with van der Waals surface area (Å²) in [5.74, 6) is 1.91. The van der Waals surface area contributed by atoms with Gasteiger partial charge in [-0.25, -0.2) is 15.0 Å². The van der Waals surface area contributed by atoms with Gasteiger partial charge < -0.3 is 0 Å². The van der Waals surface area contributed by atoms with Gasteiger partial charge in [0.1, 0.15) is 0 Å². The monoisotopic (exact) mass is 687 g/mol. The van der Waals surface area contributed by atoms with Crippen molar-refractivity contribution in [2.75, 3.05) is 0 Å².